The second-order valence-electron chi connectivity index (χ2n) is 6.39. The van der Waals surface area contributed by atoms with Gasteiger partial charge in [-0.05, 0) is 43.7 Å². The Morgan fingerprint density at radius 2 is 1.86 bits per heavy atom. The van der Waals surface area contributed by atoms with Gasteiger partial charge in [-0.3, -0.25) is 4.79 Å². The van der Waals surface area contributed by atoms with Crippen LogP contribution in [0.5, 0.6) is 0 Å². The molecule has 1 aromatic heterocycles. The quantitative estimate of drug-likeness (QED) is 0.645. The van der Waals surface area contributed by atoms with Crippen molar-refractivity contribution in [1.29, 1.82) is 0 Å². The highest BCUT2D eigenvalue weighted by atomic mass is 32.1. The third kappa shape index (κ3) is 6.49. The zero-order chi connectivity index (χ0) is 20.5. The topological polar surface area (TPSA) is 52.7 Å². The lowest BCUT2D eigenvalue weighted by molar-refractivity contribution is -0.133. The summed E-state index contributed by atoms with van der Waals surface area (Å²) in [6.45, 7) is 8.98. The van der Waals surface area contributed by atoms with E-state index >= 15 is 0 Å². The van der Waals surface area contributed by atoms with Gasteiger partial charge < -0.3 is 15.1 Å². The number of nitrogens with one attached hydrogen (secondary N) is 1. The van der Waals surface area contributed by atoms with Crippen LogP contribution >= 0.6 is 11.3 Å². The van der Waals surface area contributed by atoms with Crippen molar-refractivity contribution in [3.8, 4) is 0 Å². The van der Waals surface area contributed by atoms with E-state index in [2.05, 4.69) is 11.9 Å². The Bertz CT molecular complexity index is 804. The van der Waals surface area contributed by atoms with Gasteiger partial charge in [-0.2, -0.15) is 0 Å². The van der Waals surface area contributed by atoms with E-state index in [0.717, 1.165) is 10.4 Å². The Hall–Kier alpha value is -2.67. The molecule has 0 bridgehead atoms. The van der Waals surface area contributed by atoms with Gasteiger partial charge in [-0.1, -0.05) is 18.2 Å². The molecule has 5 nitrogen and oxygen atoms in total. The molecular weight excluding hydrogens is 377 g/mol. The van der Waals surface area contributed by atoms with E-state index in [1.165, 1.54) is 21.9 Å². The smallest absolute Gasteiger partial charge is 0.318 e. The molecule has 0 aliphatic rings. The maximum absolute atomic E-state index is 13.2. The van der Waals surface area contributed by atoms with Crippen LogP contribution in [0.1, 0.15) is 22.2 Å². The monoisotopic (exact) mass is 403 g/mol. The third-order valence-corrected chi connectivity index (χ3v) is 5.06. The van der Waals surface area contributed by atoms with Crippen molar-refractivity contribution in [3.63, 3.8) is 0 Å². The van der Waals surface area contributed by atoms with Gasteiger partial charge in [0, 0.05) is 29.4 Å². The summed E-state index contributed by atoms with van der Waals surface area (Å²) in [7, 11) is 0. The molecule has 0 saturated heterocycles. The standard InChI is InChI=1S/C21H26FN3O2S/c1-4-12-24(21(27)23-5-2)15-20(26)25(14-19-11-6-16(3)28-19)13-17-7-9-18(22)10-8-17/h4,6-11H,1,5,12-15H2,2-3H3,(H,23,27). The van der Waals surface area contributed by atoms with Crippen molar-refractivity contribution in [2.75, 3.05) is 19.6 Å². The summed E-state index contributed by atoms with van der Waals surface area (Å²) >= 11 is 1.63. The summed E-state index contributed by atoms with van der Waals surface area (Å²) in [4.78, 5) is 30.6. The number of carbonyl (C=O) groups is 2. The molecule has 0 spiro atoms. The molecule has 7 heteroatoms. The predicted molar refractivity (Wildman–Crippen MR) is 111 cm³/mol. The average Bonchev–Trinajstić information content (AvgIpc) is 3.07. The Balaban J connectivity index is 2.17. The highest BCUT2D eigenvalue weighted by molar-refractivity contribution is 7.11. The second-order valence-corrected chi connectivity index (χ2v) is 7.77. The number of benzene rings is 1. The lowest BCUT2D eigenvalue weighted by atomic mass is 10.2. The molecule has 0 saturated carbocycles. The van der Waals surface area contributed by atoms with E-state index in [-0.39, 0.29) is 30.8 Å². The number of carbonyl (C=O) groups excluding carboxylic acids is 2. The minimum Gasteiger partial charge on any atom is -0.338 e. The molecule has 150 valence electrons. The number of rotatable bonds is 9. The zero-order valence-corrected chi connectivity index (χ0v) is 17.1. The summed E-state index contributed by atoms with van der Waals surface area (Å²) in [5.41, 5.74) is 0.830. The van der Waals surface area contributed by atoms with Crippen molar-refractivity contribution >= 4 is 23.3 Å². The fourth-order valence-corrected chi connectivity index (χ4v) is 3.61. The zero-order valence-electron chi connectivity index (χ0n) is 16.3. The molecule has 0 unspecified atom stereocenters. The Labute approximate surface area is 169 Å². The first-order chi connectivity index (χ1) is 13.4. The molecule has 0 aliphatic heterocycles. The number of nitrogens with zero attached hydrogens (tertiary/aromatic N) is 2. The van der Waals surface area contributed by atoms with Gasteiger partial charge in [0.05, 0.1) is 6.54 Å². The molecule has 1 N–H and O–H groups in total. The Morgan fingerprint density at radius 1 is 1.14 bits per heavy atom. The fraction of sp³-hybridized carbons (Fsp3) is 0.333. The van der Waals surface area contributed by atoms with Crippen molar-refractivity contribution in [2.24, 2.45) is 0 Å². The predicted octanol–water partition coefficient (Wildman–Crippen LogP) is 3.94. The van der Waals surface area contributed by atoms with Crippen LogP contribution in [-0.2, 0) is 17.9 Å². The largest absolute Gasteiger partial charge is 0.338 e. The molecule has 28 heavy (non-hydrogen) atoms. The Morgan fingerprint density at radius 3 is 2.43 bits per heavy atom. The molecule has 2 aromatic rings. The van der Waals surface area contributed by atoms with Crippen LogP contribution < -0.4 is 5.32 Å². The number of hydrogen-bond acceptors (Lipinski definition) is 3. The van der Waals surface area contributed by atoms with Crippen LogP contribution in [0.4, 0.5) is 9.18 Å². The first kappa shape index (κ1) is 21.6. The third-order valence-electron chi connectivity index (χ3n) is 4.07. The molecule has 2 rings (SSSR count). The van der Waals surface area contributed by atoms with Gasteiger partial charge >= 0.3 is 6.03 Å². The van der Waals surface area contributed by atoms with E-state index in [1.807, 2.05) is 26.0 Å². The number of thiophene rings is 1. The van der Waals surface area contributed by atoms with Crippen molar-refractivity contribution in [3.05, 3.63) is 70.2 Å². The van der Waals surface area contributed by atoms with Crippen LogP contribution in [0.15, 0.2) is 49.1 Å². The number of halogens is 1. The van der Waals surface area contributed by atoms with Gasteiger partial charge in [0.2, 0.25) is 5.91 Å². The van der Waals surface area contributed by atoms with Gasteiger partial charge in [0.1, 0.15) is 12.4 Å². The van der Waals surface area contributed by atoms with E-state index in [0.29, 0.717) is 19.6 Å². The molecule has 0 atom stereocenters. The maximum atomic E-state index is 13.2. The first-order valence-corrected chi connectivity index (χ1v) is 9.95. The second kappa shape index (κ2) is 10.6. The molecule has 0 fully saturated rings. The maximum Gasteiger partial charge on any atom is 0.318 e. The number of hydrogen-bond donors (Lipinski definition) is 1. The number of aryl methyl sites for hydroxylation is 1. The normalized spacial score (nSPS) is 10.4. The Kier molecular flexibility index (Phi) is 8.19. The van der Waals surface area contributed by atoms with Gasteiger partial charge in [0.15, 0.2) is 0 Å². The van der Waals surface area contributed by atoms with E-state index < -0.39 is 0 Å². The highest BCUT2D eigenvalue weighted by Gasteiger charge is 2.21. The van der Waals surface area contributed by atoms with Gasteiger partial charge in [-0.15, -0.1) is 17.9 Å². The summed E-state index contributed by atoms with van der Waals surface area (Å²) in [6, 6.07) is 9.80. The first-order valence-electron chi connectivity index (χ1n) is 9.14. The molecule has 0 radical (unpaired) electrons. The number of urea groups is 1. The van der Waals surface area contributed by atoms with E-state index in [9.17, 15) is 14.0 Å². The van der Waals surface area contributed by atoms with E-state index in [1.54, 1.807) is 34.4 Å². The molecule has 3 amide bonds. The fourth-order valence-electron chi connectivity index (χ4n) is 2.70. The average molecular weight is 404 g/mol. The molecule has 1 heterocycles. The van der Waals surface area contributed by atoms with Crippen LogP contribution in [-0.4, -0.2) is 41.4 Å². The summed E-state index contributed by atoms with van der Waals surface area (Å²) in [6.07, 6.45) is 1.59. The summed E-state index contributed by atoms with van der Waals surface area (Å²) in [5, 5.41) is 2.71. The molecule has 1 aromatic carbocycles. The van der Waals surface area contributed by atoms with Crippen LogP contribution in [0.2, 0.25) is 0 Å². The molecule has 0 aliphatic carbocycles. The SMILES string of the molecule is C=CCN(CC(=O)N(Cc1ccc(F)cc1)Cc1ccc(C)s1)C(=O)NCC. The van der Waals surface area contributed by atoms with Gasteiger partial charge in [0.25, 0.3) is 0 Å². The highest BCUT2D eigenvalue weighted by Crippen LogP contribution is 2.19. The van der Waals surface area contributed by atoms with Crippen LogP contribution in [0, 0.1) is 12.7 Å². The van der Waals surface area contributed by atoms with Crippen LogP contribution in [0.25, 0.3) is 0 Å². The molecular formula is C21H26FN3O2S. The van der Waals surface area contributed by atoms with Crippen molar-refractivity contribution < 1.29 is 14.0 Å². The lowest BCUT2D eigenvalue weighted by Crippen LogP contribution is -2.46. The minimum absolute atomic E-state index is 0.0522. The van der Waals surface area contributed by atoms with Gasteiger partial charge in [-0.25, -0.2) is 9.18 Å². The van der Waals surface area contributed by atoms with Crippen LogP contribution in [0.3, 0.4) is 0 Å². The summed E-state index contributed by atoms with van der Waals surface area (Å²) in [5.74, 6) is -0.493. The minimum atomic E-state index is -0.316. The number of amides is 3. The van der Waals surface area contributed by atoms with Crippen molar-refractivity contribution in [2.45, 2.75) is 26.9 Å². The van der Waals surface area contributed by atoms with Crippen molar-refractivity contribution in [1.82, 2.24) is 15.1 Å². The van der Waals surface area contributed by atoms with E-state index in [4.69, 9.17) is 0 Å². The lowest BCUT2D eigenvalue weighted by Gasteiger charge is -2.27. The summed E-state index contributed by atoms with van der Waals surface area (Å²) < 4.78 is 13.2.